The van der Waals surface area contributed by atoms with Crippen molar-refractivity contribution in [2.24, 2.45) is 0 Å². The summed E-state index contributed by atoms with van der Waals surface area (Å²) in [5.41, 5.74) is 18.2. The van der Waals surface area contributed by atoms with Crippen LogP contribution >= 0.6 is 0 Å². The van der Waals surface area contributed by atoms with Crippen LogP contribution in [0.1, 0.15) is 35.6 Å². The van der Waals surface area contributed by atoms with Crippen LogP contribution in [-0.2, 0) is 19.4 Å². The fourth-order valence-electron chi connectivity index (χ4n) is 2.96. The second kappa shape index (κ2) is 8.43. The molecule has 4 N–H and O–H groups in total. The van der Waals surface area contributed by atoms with Crippen LogP contribution in [0.15, 0.2) is 66.7 Å². The minimum Gasteiger partial charge on any atom is -0.489 e. The molecule has 0 atom stereocenters. The van der Waals surface area contributed by atoms with Gasteiger partial charge in [-0.15, -0.1) is 0 Å². The molecule has 3 heteroatoms. The maximum atomic E-state index is 6.03. The second-order valence-electron chi connectivity index (χ2n) is 6.63. The quantitative estimate of drug-likeness (QED) is 0.594. The van der Waals surface area contributed by atoms with Gasteiger partial charge in [-0.05, 0) is 65.4 Å². The maximum Gasteiger partial charge on any atom is 0.119 e. The molecule has 0 bridgehead atoms. The van der Waals surface area contributed by atoms with Gasteiger partial charge in [-0.2, -0.15) is 0 Å². The van der Waals surface area contributed by atoms with Gasteiger partial charge in [-0.3, -0.25) is 0 Å². The van der Waals surface area contributed by atoms with E-state index in [1.165, 1.54) is 23.1 Å². The molecular formula is C23H26N2O. The molecule has 3 nitrogen and oxygen atoms in total. The highest BCUT2D eigenvalue weighted by Crippen LogP contribution is 2.21. The number of rotatable bonds is 7. The van der Waals surface area contributed by atoms with E-state index in [2.05, 4.69) is 43.3 Å². The Morgan fingerprint density at radius 2 is 1.42 bits per heavy atom. The van der Waals surface area contributed by atoms with Crippen molar-refractivity contribution in [1.82, 2.24) is 0 Å². The summed E-state index contributed by atoms with van der Waals surface area (Å²) in [6.45, 7) is 2.77. The molecule has 0 aliphatic carbocycles. The first-order chi connectivity index (χ1) is 12.6. The second-order valence-corrected chi connectivity index (χ2v) is 6.63. The van der Waals surface area contributed by atoms with Crippen LogP contribution in [0.25, 0.3) is 0 Å². The Kier molecular flexibility index (Phi) is 5.80. The molecule has 0 spiro atoms. The van der Waals surface area contributed by atoms with Crippen molar-refractivity contribution in [1.29, 1.82) is 0 Å². The number of anilines is 2. The molecular weight excluding hydrogens is 320 g/mol. The van der Waals surface area contributed by atoms with Gasteiger partial charge in [0, 0.05) is 11.4 Å². The standard InChI is InChI=1S/C23H26N2O/c1-2-3-17-4-6-19(7-5-17)16-26-22-11-8-18(9-12-22)14-20-15-21(24)10-13-23(20)25/h4-13,15H,2-3,14,16,24-25H2,1H3. The summed E-state index contributed by atoms with van der Waals surface area (Å²) in [5, 5.41) is 0. The summed E-state index contributed by atoms with van der Waals surface area (Å²) in [6, 6.07) is 22.4. The highest BCUT2D eigenvalue weighted by atomic mass is 16.5. The van der Waals surface area contributed by atoms with Gasteiger partial charge >= 0.3 is 0 Å². The van der Waals surface area contributed by atoms with Crippen LogP contribution in [0, 0.1) is 0 Å². The molecule has 3 rings (SSSR count). The average molecular weight is 346 g/mol. The summed E-state index contributed by atoms with van der Waals surface area (Å²) < 4.78 is 5.90. The highest BCUT2D eigenvalue weighted by Gasteiger charge is 2.03. The normalized spacial score (nSPS) is 10.7. The van der Waals surface area contributed by atoms with E-state index in [0.29, 0.717) is 6.61 Å². The molecule has 0 unspecified atom stereocenters. The van der Waals surface area contributed by atoms with E-state index >= 15 is 0 Å². The fourth-order valence-corrected chi connectivity index (χ4v) is 2.96. The van der Waals surface area contributed by atoms with Gasteiger partial charge in [-0.1, -0.05) is 49.7 Å². The van der Waals surface area contributed by atoms with E-state index in [0.717, 1.165) is 35.5 Å². The van der Waals surface area contributed by atoms with Crippen LogP contribution in [0.5, 0.6) is 5.75 Å². The summed E-state index contributed by atoms with van der Waals surface area (Å²) >= 11 is 0. The lowest BCUT2D eigenvalue weighted by molar-refractivity contribution is 0.306. The molecule has 0 aliphatic rings. The van der Waals surface area contributed by atoms with Crippen molar-refractivity contribution in [3.8, 4) is 5.75 Å². The molecule has 0 amide bonds. The first kappa shape index (κ1) is 17.9. The summed E-state index contributed by atoms with van der Waals surface area (Å²) in [4.78, 5) is 0. The topological polar surface area (TPSA) is 61.3 Å². The Balaban J connectivity index is 1.58. The molecule has 0 saturated heterocycles. The van der Waals surface area contributed by atoms with Crippen molar-refractivity contribution < 1.29 is 4.74 Å². The smallest absolute Gasteiger partial charge is 0.119 e. The van der Waals surface area contributed by atoms with E-state index in [1.54, 1.807) is 0 Å². The van der Waals surface area contributed by atoms with Crippen LogP contribution in [-0.4, -0.2) is 0 Å². The van der Waals surface area contributed by atoms with Crippen molar-refractivity contribution in [3.63, 3.8) is 0 Å². The van der Waals surface area contributed by atoms with Crippen molar-refractivity contribution in [2.75, 3.05) is 11.5 Å². The molecule has 3 aromatic rings. The SMILES string of the molecule is CCCc1ccc(COc2ccc(Cc3cc(N)ccc3N)cc2)cc1. The molecule has 26 heavy (non-hydrogen) atoms. The summed E-state index contributed by atoms with van der Waals surface area (Å²) in [6.07, 6.45) is 3.06. The average Bonchev–Trinajstić information content (AvgIpc) is 2.65. The largest absolute Gasteiger partial charge is 0.489 e. The Labute approximate surface area is 155 Å². The molecule has 3 aromatic carbocycles. The number of nitrogen functional groups attached to an aromatic ring is 2. The van der Waals surface area contributed by atoms with E-state index in [1.807, 2.05) is 30.3 Å². The van der Waals surface area contributed by atoms with E-state index in [9.17, 15) is 0 Å². The van der Waals surface area contributed by atoms with Crippen LogP contribution in [0.2, 0.25) is 0 Å². The number of hydrogen-bond acceptors (Lipinski definition) is 3. The summed E-state index contributed by atoms with van der Waals surface area (Å²) in [5.74, 6) is 0.868. The third kappa shape index (κ3) is 4.79. The number of nitrogens with two attached hydrogens (primary N) is 2. The minimum absolute atomic E-state index is 0.577. The van der Waals surface area contributed by atoms with Gasteiger partial charge in [0.05, 0.1) is 0 Å². The lowest BCUT2D eigenvalue weighted by atomic mass is 10.0. The minimum atomic E-state index is 0.577. The van der Waals surface area contributed by atoms with Gasteiger partial charge < -0.3 is 16.2 Å². The van der Waals surface area contributed by atoms with E-state index < -0.39 is 0 Å². The Bertz CT molecular complexity index is 839. The Morgan fingerprint density at radius 1 is 0.769 bits per heavy atom. The highest BCUT2D eigenvalue weighted by molar-refractivity contribution is 5.56. The van der Waals surface area contributed by atoms with E-state index in [4.69, 9.17) is 16.2 Å². The van der Waals surface area contributed by atoms with Gasteiger partial charge in [0.15, 0.2) is 0 Å². The summed E-state index contributed by atoms with van der Waals surface area (Å²) in [7, 11) is 0. The molecule has 0 aliphatic heterocycles. The number of hydrogen-bond donors (Lipinski definition) is 2. The maximum absolute atomic E-state index is 6.03. The Morgan fingerprint density at radius 3 is 2.12 bits per heavy atom. The van der Waals surface area contributed by atoms with Crippen molar-refractivity contribution >= 4 is 11.4 Å². The third-order valence-electron chi connectivity index (χ3n) is 4.45. The molecule has 0 saturated carbocycles. The van der Waals surface area contributed by atoms with E-state index in [-0.39, 0.29) is 0 Å². The fraction of sp³-hybridized carbons (Fsp3) is 0.217. The first-order valence-electron chi connectivity index (χ1n) is 9.07. The molecule has 0 heterocycles. The van der Waals surface area contributed by atoms with Crippen molar-refractivity contribution in [2.45, 2.75) is 32.8 Å². The van der Waals surface area contributed by atoms with Crippen LogP contribution in [0.3, 0.4) is 0 Å². The predicted octanol–water partition coefficient (Wildman–Crippen LogP) is 4.97. The molecule has 134 valence electrons. The van der Waals surface area contributed by atoms with Crippen LogP contribution in [0.4, 0.5) is 11.4 Å². The molecule has 0 aromatic heterocycles. The number of aryl methyl sites for hydroxylation is 1. The number of ether oxygens (including phenoxy) is 1. The third-order valence-corrected chi connectivity index (χ3v) is 4.45. The molecule has 0 radical (unpaired) electrons. The lowest BCUT2D eigenvalue weighted by Gasteiger charge is -2.10. The van der Waals surface area contributed by atoms with Gasteiger partial charge in [0.1, 0.15) is 12.4 Å². The zero-order valence-corrected chi connectivity index (χ0v) is 15.2. The zero-order valence-electron chi connectivity index (χ0n) is 15.2. The van der Waals surface area contributed by atoms with Gasteiger partial charge in [0.25, 0.3) is 0 Å². The zero-order chi connectivity index (χ0) is 18.4. The van der Waals surface area contributed by atoms with Crippen LogP contribution < -0.4 is 16.2 Å². The monoisotopic (exact) mass is 346 g/mol. The Hall–Kier alpha value is -2.94. The van der Waals surface area contributed by atoms with Gasteiger partial charge in [-0.25, -0.2) is 0 Å². The van der Waals surface area contributed by atoms with Crippen molar-refractivity contribution in [3.05, 3.63) is 89.0 Å². The van der Waals surface area contributed by atoms with Gasteiger partial charge in [0.2, 0.25) is 0 Å². The lowest BCUT2D eigenvalue weighted by Crippen LogP contribution is -1.98. The number of benzene rings is 3. The first-order valence-corrected chi connectivity index (χ1v) is 9.07. The predicted molar refractivity (Wildman–Crippen MR) is 109 cm³/mol. The molecule has 0 fully saturated rings.